The molecular weight excluding hydrogens is 435 g/mol. The average molecular weight is 458 g/mol. The van der Waals surface area contributed by atoms with Gasteiger partial charge in [-0.3, -0.25) is 18.9 Å². The van der Waals surface area contributed by atoms with E-state index < -0.39 is 75.5 Å². The number of phosphoric acid groups is 1. The standard InChI is InChI=1S/C9H12N2O6.C5H11O7P/c12-3-4-6(14)7(15)8(17-4)11-2-1-5(13)10-9(11)16;6-2-1-5(4(8)3-7)12-13(9,10)11/h1-2,4,6-8,12,14-15H,3H2,(H,10,13,16);2,4-5,7-8H,1,3H2,(H2,9,10,11)/t4-,6-,7-,8-;4-,5+/m11/s1. The highest BCUT2D eigenvalue weighted by atomic mass is 31.2. The molecule has 0 spiro atoms. The number of carbonyl (C=O) groups is 1. The van der Waals surface area contributed by atoms with Crippen molar-refractivity contribution in [1.82, 2.24) is 9.55 Å². The van der Waals surface area contributed by atoms with Crippen molar-refractivity contribution in [2.45, 2.75) is 43.2 Å². The van der Waals surface area contributed by atoms with Gasteiger partial charge in [-0.15, -0.1) is 0 Å². The van der Waals surface area contributed by atoms with Crippen LogP contribution in [-0.2, 0) is 18.6 Å². The zero-order chi connectivity index (χ0) is 23.1. The highest BCUT2D eigenvalue weighted by Crippen LogP contribution is 2.38. The molecule has 0 radical (unpaired) electrons. The van der Waals surface area contributed by atoms with Gasteiger partial charge in [-0.05, 0) is 0 Å². The number of phosphoric ester groups is 1. The molecule has 0 amide bonds. The Morgan fingerprint density at radius 3 is 2.33 bits per heavy atom. The number of rotatable bonds is 8. The number of nitrogens with one attached hydrogen (secondary N) is 1. The lowest BCUT2D eigenvalue weighted by Crippen LogP contribution is -2.37. The molecule has 1 aliphatic rings. The van der Waals surface area contributed by atoms with Crippen molar-refractivity contribution in [3.63, 3.8) is 0 Å². The normalized spacial score (nSPS) is 25.8. The smallest absolute Gasteiger partial charge is 0.394 e. The molecule has 16 heteroatoms. The predicted octanol–water partition coefficient (Wildman–Crippen LogP) is -4.45. The SMILES string of the molecule is O=CC[C@H](OP(=O)(O)O)[C@H](O)CO.O=c1ccn([C@@H]2O[C@H](CO)[C@@H](O)[C@H]2O)c(=O)[nH]1. The molecule has 0 aromatic carbocycles. The van der Waals surface area contributed by atoms with Gasteiger partial charge in [-0.25, -0.2) is 9.36 Å². The third kappa shape index (κ3) is 7.48. The van der Waals surface area contributed by atoms with Gasteiger partial charge in [0.25, 0.3) is 5.56 Å². The van der Waals surface area contributed by atoms with E-state index in [2.05, 4.69) is 4.52 Å². The monoisotopic (exact) mass is 458 g/mol. The van der Waals surface area contributed by atoms with Crippen LogP contribution in [0.1, 0.15) is 12.6 Å². The first-order chi connectivity index (χ1) is 13.9. The van der Waals surface area contributed by atoms with Crippen molar-refractivity contribution in [2.24, 2.45) is 0 Å². The lowest BCUT2D eigenvalue weighted by atomic mass is 10.1. The van der Waals surface area contributed by atoms with Gasteiger partial charge in [-0.2, -0.15) is 0 Å². The third-order valence-corrected chi connectivity index (χ3v) is 4.41. The second-order valence-electron chi connectivity index (χ2n) is 6.03. The van der Waals surface area contributed by atoms with E-state index in [0.717, 1.165) is 16.8 Å². The summed E-state index contributed by atoms with van der Waals surface area (Å²) in [4.78, 5) is 51.0. The summed E-state index contributed by atoms with van der Waals surface area (Å²) in [5.74, 6) is 0. The minimum absolute atomic E-state index is 0.333. The topological polar surface area (TPSA) is 249 Å². The van der Waals surface area contributed by atoms with Gasteiger partial charge in [0.1, 0.15) is 36.8 Å². The van der Waals surface area contributed by atoms with Crippen LogP contribution in [0.15, 0.2) is 21.9 Å². The van der Waals surface area contributed by atoms with Gasteiger partial charge in [0.2, 0.25) is 0 Å². The van der Waals surface area contributed by atoms with Crippen molar-refractivity contribution >= 4 is 14.1 Å². The van der Waals surface area contributed by atoms with Crippen molar-refractivity contribution in [3.8, 4) is 0 Å². The third-order valence-electron chi connectivity index (χ3n) is 3.86. The number of ether oxygens (including phenoxy) is 1. The highest BCUT2D eigenvalue weighted by molar-refractivity contribution is 7.46. The molecule has 1 fully saturated rings. The van der Waals surface area contributed by atoms with Crippen LogP contribution in [0.25, 0.3) is 0 Å². The number of hydrogen-bond acceptors (Lipinski definition) is 11. The fourth-order valence-electron chi connectivity index (χ4n) is 2.40. The molecule has 0 aliphatic carbocycles. The summed E-state index contributed by atoms with van der Waals surface area (Å²) in [6.07, 6.45) is -6.52. The molecule has 6 atom stereocenters. The van der Waals surface area contributed by atoms with Crippen molar-refractivity contribution in [1.29, 1.82) is 0 Å². The van der Waals surface area contributed by atoms with E-state index >= 15 is 0 Å². The summed E-state index contributed by atoms with van der Waals surface area (Å²) in [5, 5.41) is 45.4. The van der Waals surface area contributed by atoms with Gasteiger partial charge in [0, 0.05) is 18.7 Å². The quantitative estimate of drug-likeness (QED) is 0.135. The Hall–Kier alpha value is -1.78. The number of H-pyrrole nitrogens is 1. The van der Waals surface area contributed by atoms with Gasteiger partial charge in [0.05, 0.1) is 13.2 Å². The molecule has 1 aromatic heterocycles. The Kier molecular flexibility index (Phi) is 10.1. The van der Waals surface area contributed by atoms with Crippen LogP contribution < -0.4 is 11.2 Å². The summed E-state index contributed by atoms with van der Waals surface area (Å²) in [6, 6.07) is 1.09. The summed E-state index contributed by atoms with van der Waals surface area (Å²) in [7, 11) is -4.75. The lowest BCUT2D eigenvalue weighted by Gasteiger charge is -2.19. The Balaban J connectivity index is 0.000000314. The van der Waals surface area contributed by atoms with Crippen LogP contribution in [0.4, 0.5) is 0 Å². The van der Waals surface area contributed by atoms with E-state index in [4.69, 9.17) is 29.8 Å². The minimum Gasteiger partial charge on any atom is -0.394 e. The van der Waals surface area contributed by atoms with E-state index in [1.54, 1.807) is 0 Å². The fraction of sp³-hybridized carbons (Fsp3) is 0.643. The second-order valence-corrected chi connectivity index (χ2v) is 7.22. The zero-order valence-electron chi connectivity index (χ0n) is 15.3. The Morgan fingerprint density at radius 1 is 1.27 bits per heavy atom. The molecule has 1 aliphatic heterocycles. The van der Waals surface area contributed by atoms with Crippen molar-refractivity contribution in [3.05, 3.63) is 33.1 Å². The molecule has 2 rings (SSSR count). The van der Waals surface area contributed by atoms with Crippen molar-refractivity contribution in [2.75, 3.05) is 13.2 Å². The lowest BCUT2D eigenvalue weighted by molar-refractivity contribution is -0.111. The predicted molar refractivity (Wildman–Crippen MR) is 95.0 cm³/mol. The van der Waals surface area contributed by atoms with Crippen molar-refractivity contribution < 1.29 is 53.9 Å². The first-order valence-corrected chi connectivity index (χ1v) is 9.88. The molecule has 8 N–H and O–H groups in total. The summed E-state index contributed by atoms with van der Waals surface area (Å²) < 4.78 is 20.4. The maximum absolute atomic E-state index is 11.4. The van der Waals surface area contributed by atoms with Gasteiger partial charge in [0.15, 0.2) is 6.23 Å². The molecule has 0 unspecified atom stereocenters. The first kappa shape index (κ1) is 26.3. The Morgan fingerprint density at radius 2 is 1.90 bits per heavy atom. The van der Waals surface area contributed by atoms with E-state index in [9.17, 15) is 29.2 Å². The van der Waals surface area contributed by atoms with Crippen LogP contribution in [0.3, 0.4) is 0 Å². The van der Waals surface area contributed by atoms with Crippen LogP contribution >= 0.6 is 7.82 Å². The van der Waals surface area contributed by atoms with Gasteiger partial charge < -0.3 is 44.9 Å². The minimum atomic E-state index is -4.75. The number of aromatic nitrogens is 2. The molecule has 1 aromatic rings. The van der Waals surface area contributed by atoms with E-state index in [1.807, 2.05) is 4.98 Å². The van der Waals surface area contributed by atoms with Gasteiger partial charge >= 0.3 is 13.5 Å². The Labute approximate surface area is 168 Å². The molecule has 2 heterocycles. The van der Waals surface area contributed by atoms with Gasteiger partial charge in [-0.1, -0.05) is 0 Å². The molecular formula is C14H23N2O13P. The summed E-state index contributed by atoms with van der Waals surface area (Å²) >= 11 is 0. The number of aromatic amines is 1. The maximum atomic E-state index is 11.4. The zero-order valence-corrected chi connectivity index (χ0v) is 16.2. The molecule has 15 nitrogen and oxygen atoms in total. The molecule has 172 valence electrons. The number of carbonyl (C=O) groups excluding carboxylic acids is 1. The molecule has 30 heavy (non-hydrogen) atoms. The summed E-state index contributed by atoms with van der Waals surface area (Å²) in [5.41, 5.74) is -1.33. The number of aliphatic hydroxyl groups excluding tert-OH is 5. The first-order valence-electron chi connectivity index (χ1n) is 8.35. The van der Waals surface area contributed by atoms with Crippen LogP contribution in [0.2, 0.25) is 0 Å². The van der Waals surface area contributed by atoms with E-state index in [0.29, 0.717) is 6.29 Å². The molecule has 1 saturated heterocycles. The van der Waals surface area contributed by atoms with Crippen LogP contribution in [0.5, 0.6) is 0 Å². The average Bonchev–Trinajstić information content (AvgIpc) is 2.95. The Bertz CT molecular complexity index is 836. The largest absolute Gasteiger partial charge is 0.469 e. The number of aliphatic hydroxyl groups is 5. The molecule has 0 saturated carbocycles. The number of aldehydes is 1. The second kappa shape index (κ2) is 11.6. The number of hydrogen-bond donors (Lipinski definition) is 8. The van der Waals surface area contributed by atoms with Crippen LogP contribution in [0, 0.1) is 0 Å². The highest BCUT2D eigenvalue weighted by Gasteiger charge is 2.43. The fourth-order valence-corrected chi connectivity index (χ4v) is 2.98. The van der Waals surface area contributed by atoms with E-state index in [-0.39, 0.29) is 0 Å². The van der Waals surface area contributed by atoms with E-state index in [1.165, 1.54) is 0 Å². The maximum Gasteiger partial charge on any atom is 0.469 e. The number of nitrogens with zero attached hydrogens (tertiary/aromatic N) is 1. The molecule has 0 bridgehead atoms. The summed E-state index contributed by atoms with van der Waals surface area (Å²) in [6.45, 7) is -1.22. The van der Waals surface area contributed by atoms with Crippen LogP contribution in [-0.4, -0.2) is 94.9 Å².